The Labute approximate surface area is 110 Å². The van der Waals surface area contributed by atoms with E-state index in [1.807, 2.05) is 6.07 Å². The van der Waals surface area contributed by atoms with E-state index in [2.05, 4.69) is 9.97 Å². The van der Waals surface area contributed by atoms with E-state index >= 15 is 0 Å². The number of nitriles is 1. The lowest BCUT2D eigenvalue weighted by Crippen LogP contribution is -2.30. The van der Waals surface area contributed by atoms with Crippen molar-refractivity contribution in [1.82, 2.24) is 9.97 Å². The molecule has 1 aromatic rings. The van der Waals surface area contributed by atoms with Crippen molar-refractivity contribution in [2.75, 3.05) is 31.7 Å². The molecule has 0 saturated heterocycles. The van der Waals surface area contributed by atoms with Crippen LogP contribution in [0.1, 0.15) is 16.8 Å². The fraction of sp³-hybridized carbons (Fsp3) is 0.455. The second-order valence-electron chi connectivity index (χ2n) is 3.41. The van der Waals surface area contributed by atoms with Crippen LogP contribution in [0, 0.1) is 11.3 Å². The van der Waals surface area contributed by atoms with Crippen molar-refractivity contribution in [3.63, 3.8) is 0 Å². The molecule has 18 heavy (non-hydrogen) atoms. The monoisotopic (exact) mass is 268 g/mol. The Morgan fingerprint density at radius 1 is 1.56 bits per heavy atom. The van der Waals surface area contributed by atoms with Gasteiger partial charge in [-0.3, -0.25) is 4.79 Å². The number of carbonyl (C=O) groups is 1. The first-order chi connectivity index (χ1) is 8.74. The Kier molecular flexibility index (Phi) is 6.05. The van der Waals surface area contributed by atoms with E-state index in [1.165, 1.54) is 6.33 Å². The second-order valence-corrected chi connectivity index (χ2v) is 3.77. The lowest BCUT2D eigenvalue weighted by atomic mass is 10.3. The number of carbonyl (C=O) groups excluding carboxylic acids is 1. The third-order valence-electron chi connectivity index (χ3n) is 2.29. The van der Waals surface area contributed by atoms with Crippen LogP contribution >= 0.6 is 11.6 Å². The van der Waals surface area contributed by atoms with Crippen molar-refractivity contribution in [3.05, 3.63) is 17.0 Å². The fourth-order valence-electron chi connectivity index (χ4n) is 1.43. The predicted molar refractivity (Wildman–Crippen MR) is 66.7 cm³/mol. The average Bonchev–Trinajstić information content (AvgIpc) is 2.39. The highest BCUT2D eigenvalue weighted by atomic mass is 35.5. The summed E-state index contributed by atoms with van der Waals surface area (Å²) in [5.74, 6) is 0.428. The number of ether oxygens (including phenoxy) is 1. The van der Waals surface area contributed by atoms with Crippen LogP contribution in [0.25, 0.3) is 0 Å². The number of rotatable bonds is 7. The highest BCUT2D eigenvalue weighted by Gasteiger charge is 2.15. The van der Waals surface area contributed by atoms with E-state index in [0.29, 0.717) is 38.2 Å². The molecule has 0 aromatic carbocycles. The standard InChI is InChI=1S/C11H13ClN4O2/c1-18-6-5-16(4-2-3-13)11-9(7-17)10(12)14-8-15-11/h7-8H,2,4-6H2,1H3. The molecule has 96 valence electrons. The number of hydrogen-bond acceptors (Lipinski definition) is 6. The fourth-order valence-corrected chi connectivity index (χ4v) is 1.60. The van der Waals surface area contributed by atoms with Gasteiger partial charge in [0.25, 0.3) is 0 Å². The quantitative estimate of drug-likeness (QED) is 0.548. The van der Waals surface area contributed by atoms with Gasteiger partial charge in [-0.15, -0.1) is 0 Å². The molecule has 1 heterocycles. The number of aldehydes is 1. The van der Waals surface area contributed by atoms with Gasteiger partial charge in [0.1, 0.15) is 17.3 Å². The molecule has 7 heteroatoms. The molecular weight excluding hydrogens is 256 g/mol. The Hall–Kier alpha value is -1.71. The first kappa shape index (κ1) is 14.4. The summed E-state index contributed by atoms with van der Waals surface area (Å²) in [6, 6.07) is 2.05. The number of anilines is 1. The van der Waals surface area contributed by atoms with Gasteiger partial charge in [-0.1, -0.05) is 11.6 Å². The van der Waals surface area contributed by atoms with E-state index in [4.69, 9.17) is 21.6 Å². The minimum Gasteiger partial charge on any atom is -0.383 e. The largest absolute Gasteiger partial charge is 0.383 e. The van der Waals surface area contributed by atoms with Crippen molar-refractivity contribution in [2.24, 2.45) is 0 Å². The number of hydrogen-bond donors (Lipinski definition) is 0. The molecule has 0 saturated carbocycles. The average molecular weight is 269 g/mol. The number of methoxy groups -OCH3 is 1. The maximum Gasteiger partial charge on any atom is 0.156 e. The first-order valence-electron chi connectivity index (χ1n) is 5.31. The summed E-state index contributed by atoms with van der Waals surface area (Å²) in [7, 11) is 1.58. The van der Waals surface area contributed by atoms with Crippen LogP contribution in [-0.4, -0.2) is 43.1 Å². The van der Waals surface area contributed by atoms with E-state index in [0.717, 1.165) is 0 Å². The van der Waals surface area contributed by atoms with Gasteiger partial charge in [-0.25, -0.2) is 9.97 Å². The van der Waals surface area contributed by atoms with Crippen LogP contribution in [0.3, 0.4) is 0 Å². The SMILES string of the molecule is COCCN(CCC#N)c1ncnc(Cl)c1C=O. The highest BCUT2D eigenvalue weighted by Crippen LogP contribution is 2.21. The molecule has 0 bridgehead atoms. The molecule has 0 atom stereocenters. The van der Waals surface area contributed by atoms with Gasteiger partial charge in [0.15, 0.2) is 6.29 Å². The van der Waals surface area contributed by atoms with Crippen LogP contribution in [0.2, 0.25) is 5.15 Å². The van der Waals surface area contributed by atoms with Gasteiger partial charge in [-0.05, 0) is 0 Å². The summed E-state index contributed by atoms with van der Waals surface area (Å²) < 4.78 is 4.99. The zero-order chi connectivity index (χ0) is 13.4. The maximum absolute atomic E-state index is 11.0. The van der Waals surface area contributed by atoms with Crippen LogP contribution in [0.5, 0.6) is 0 Å². The van der Waals surface area contributed by atoms with Crippen LogP contribution in [-0.2, 0) is 4.74 Å². The number of aromatic nitrogens is 2. The Balaban J connectivity index is 2.99. The molecule has 0 amide bonds. The van der Waals surface area contributed by atoms with Gasteiger partial charge in [0, 0.05) is 20.2 Å². The third-order valence-corrected chi connectivity index (χ3v) is 2.59. The van der Waals surface area contributed by atoms with Crippen molar-refractivity contribution in [3.8, 4) is 6.07 Å². The molecule has 1 aromatic heterocycles. The minimum absolute atomic E-state index is 0.106. The molecule has 0 fully saturated rings. The first-order valence-corrected chi connectivity index (χ1v) is 5.69. The zero-order valence-corrected chi connectivity index (χ0v) is 10.7. The summed E-state index contributed by atoms with van der Waals surface area (Å²) in [4.78, 5) is 20.6. The van der Waals surface area contributed by atoms with Crippen LogP contribution in [0.15, 0.2) is 6.33 Å². The summed E-state index contributed by atoms with van der Waals surface area (Å²) >= 11 is 5.84. The normalized spacial score (nSPS) is 9.83. The van der Waals surface area contributed by atoms with Crippen molar-refractivity contribution in [1.29, 1.82) is 5.26 Å². The molecule has 6 nitrogen and oxygen atoms in total. The summed E-state index contributed by atoms with van der Waals surface area (Å²) in [5.41, 5.74) is 0.230. The number of nitrogens with zero attached hydrogens (tertiary/aromatic N) is 4. The summed E-state index contributed by atoms with van der Waals surface area (Å²) in [5, 5.41) is 8.74. The van der Waals surface area contributed by atoms with Crippen LogP contribution in [0.4, 0.5) is 5.82 Å². The lowest BCUT2D eigenvalue weighted by molar-refractivity contribution is 0.112. The lowest BCUT2D eigenvalue weighted by Gasteiger charge is -2.23. The van der Waals surface area contributed by atoms with Gasteiger partial charge in [0.05, 0.1) is 24.7 Å². The Morgan fingerprint density at radius 2 is 2.33 bits per heavy atom. The molecule has 0 spiro atoms. The van der Waals surface area contributed by atoms with Crippen LogP contribution < -0.4 is 4.90 Å². The number of halogens is 1. The maximum atomic E-state index is 11.0. The van der Waals surface area contributed by atoms with Gasteiger partial charge in [0.2, 0.25) is 0 Å². The van der Waals surface area contributed by atoms with E-state index in [1.54, 1.807) is 12.0 Å². The molecule has 0 radical (unpaired) electrons. The molecule has 0 aliphatic rings. The van der Waals surface area contributed by atoms with Gasteiger partial charge >= 0.3 is 0 Å². The summed E-state index contributed by atoms with van der Waals surface area (Å²) in [6.07, 6.45) is 2.23. The van der Waals surface area contributed by atoms with Crippen molar-refractivity contribution < 1.29 is 9.53 Å². The smallest absolute Gasteiger partial charge is 0.156 e. The van der Waals surface area contributed by atoms with Gasteiger partial charge < -0.3 is 9.64 Å². The second kappa shape index (κ2) is 7.58. The van der Waals surface area contributed by atoms with E-state index in [-0.39, 0.29) is 10.7 Å². The third kappa shape index (κ3) is 3.65. The topological polar surface area (TPSA) is 79.1 Å². The molecule has 0 aliphatic heterocycles. The van der Waals surface area contributed by atoms with Crippen molar-refractivity contribution >= 4 is 23.7 Å². The predicted octanol–water partition coefficient (Wildman–Crippen LogP) is 1.31. The summed E-state index contributed by atoms with van der Waals surface area (Å²) in [6.45, 7) is 1.44. The van der Waals surface area contributed by atoms with Crippen molar-refractivity contribution in [2.45, 2.75) is 6.42 Å². The highest BCUT2D eigenvalue weighted by molar-refractivity contribution is 6.32. The van der Waals surface area contributed by atoms with E-state index in [9.17, 15) is 4.79 Å². The molecular formula is C11H13ClN4O2. The minimum atomic E-state index is 0.106. The Bertz CT molecular complexity index is 447. The van der Waals surface area contributed by atoms with E-state index < -0.39 is 0 Å². The Morgan fingerprint density at radius 3 is 2.94 bits per heavy atom. The molecule has 0 unspecified atom stereocenters. The van der Waals surface area contributed by atoms with Gasteiger partial charge in [-0.2, -0.15) is 5.26 Å². The zero-order valence-electron chi connectivity index (χ0n) is 9.97. The molecule has 0 N–H and O–H groups in total. The molecule has 0 aliphatic carbocycles. The molecule has 1 rings (SSSR count).